The van der Waals surface area contributed by atoms with Crippen molar-refractivity contribution in [1.82, 2.24) is 0 Å². The van der Waals surface area contributed by atoms with E-state index in [9.17, 15) is 10.2 Å². The zero-order valence-corrected chi connectivity index (χ0v) is 17.4. The predicted molar refractivity (Wildman–Crippen MR) is 111 cm³/mol. The molecule has 0 bridgehead atoms. The molecule has 26 heavy (non-hydrogen) atoms. The first kappa shape index (κ1) is 21.3. The van der Waals surface area contributed by atoms with E-state index in [1.165, 1.54) is 44.1 Å². The van der Waals surface area contributed by atoms with Crippen LogP contribution in [-0.4, -0.2) is 16.3 Å². The van der Waals surface area contributed by atoms with E-state index in [1.54, 1.807) is 0 Å². The van der Waals surface area contributed by atoms with Crippen LogP contribution in [0.2, 0.25) is 0 Å². The minimum atomic E-state index is -0.220. The summed E-state index contributed by atoms with van der Waals surface area (Å²) >= 11 is 0. The second-order valence-electron chi connectivity index (χ2n) is 9.09. The molecule has 0 spiro atoms. The number of aromatic hydroxyl groups is 1. The van der Waals surface area contributed by atoms with Gasteiger partial charge in [0.15, 0.2) is 0 Å². The van der Waals surface area contributed by atoms with Gasteiger partial charge in [-0.3, -0.25) is 0 Å². The van der Waals surface area contributed by atoms with Gasteiger partial charge in [-0.2, -0.15) is 0 Å². The minimum absolute atomic E-state index is 0.0959. The summed E-state index contributed by atoms with van der Waals surface area (Å²) in [6, 6.07) is 6.36. The normalized spacial score (nSPS) is 24.0. The van der Waals surface area contributed by atoms with Crippen molar-refractivity contribution in [2.24, 2.45) is 5.92 Å². The fourth-order valence-electron chi connectivity index (χ4n) is 4.72. The number of hydrogen-bond acceptors (Lipinski definition) is 2. The summed E-state index contributed by atoms with van der Waals surface area (Å²) in [5, 5.41) is 21.0. The molecule has 1 aliphatic carbocycles. The third-order valence-corrected chi connectivity index (χ3v) is 6.49. The molecular formula is C24H40O2. The third-order valence-electron chi connectivity index (χ3n) is 6.49. The molecule has 2 heteroatoms. The van der Waals surface area contributed by atoms with Crippen molar-refractivity contribution in [2.45, 2.75) is 109 Å². The van der Waals surface area contributed by atoms with Gasteiger partial charge < -0.3 is 10.2 Å². The van der Waals surface area contributed by atoms with E-state index in [-0.39, 0.29) is 11.5 Å². The van der Waals surface area contributed by atoms with Gasteiger partial charge in [-0.25, -0.2) is 0 Å². The number of phenols is 1. The highest BCUT2D eigenvalue weighted by Crippen LogP contribution is 2.44. The van der Waals surface area contributed by atoms with Crippen molar-refractivity contribution in [3.05, 3.63) is 29.3 Å². The van der Waals surface area contributed by atoms with E-state index in [0.29, 0.717) is 17.6 Å². The number of aliphatic hydroxyl groups is 1. The van der Waals surface area contributed by atoms with E-state index in [4.69, 9.17) is 0 Å². The van der Waals surface area contributed by atoms with Gasteiger partial charge >= 0.3 is 0 Å². The molecule has 1 saturated carbocycles. The smallest absolute Gasteiger partial charge is 0.119 e. The van der Waals surface area contributed by atoms with Gasteiger partial charge in [-0.05, 0) is 60.1 Å². The molecule has 2 nitrogen and oxygen atoms in total. The monoisotopic (exact) mass is 360 g/mol. The molecule has 0 aliphatic heterocycles. The first-order chi connectivity index (χ1) is 12.4. The van der Waals surface area contributed by atoms with E-state index in [0.717, 1.165) is 31.2 Å². The number of phenolic OH excluding ortho intramolecular Hbond substituents is 1. The summed E-state index contributed by atoms with van der Waals surface area (Å²) in [6.07, 6.45) is 11.2. The van der Waals surface area contributed by atoms with Crippen molar-refractivity contribution in [1.29, 1.82) is 0 Å². The Balaban J connectivity index is 2.14. The number of rotatable bonds is 9. The average molecular weight is 361 g/mol. The third kappa shape index (κ3) is 5.49. The summed E-state index contributed by atoms with van der Waals surface area (Å²) in [4.78, 5) is 0. The van der Waals surface area contributed by atoms with E-state index in [2.05, 4.69) is 39.8 Å². The molecule has 0 heterocycles. The molecule has 2 rings (SSSR count). The lowest BCUT2D eigenvalue weighted by Crippen LogP contribution is -2.26. The summed E-state index contributed by atoms with van der Waals surface area (Å²) in [5.41, 5.74) is 2.38. The maximum atomic E-state index is 10.8. The van der Waals surface area contributed by atoms with Crippen molar-refractivity contribution in [3.8, 4) is 5.75 Å². The zero-order chi connectivity index (χ0) is 19.2. The molecule has 3 atom stereocenters. The Morgan fingerprint density at radius 3 is 2.46 bits per heavy atom. The summed E-state index contributed by atoms with van der Waals surface area (Å²) in [7, 11) is 0. The fourth-order valence-corrected chi connectivity index (χ4v) is 4.72. The van der Waals surface area contributed by atoms with Crippen molar-refractivity contribution in [3.63, 3.8) is 0 Å². The maximum Gasteiger partial charge on any atom is 0.119 e. The Hall–Kier alpha value is -1.02. The maximum absolute atomic E-state index is 10.8. The van der Waals surface area contributed by atoms with Crippen LogP contribution < -0.4 is 0 Å². The molecule has 148 valence electrons. The topological polar surface area (TPSA) is 40.5 Å². The molecule has 0 saturated heterocycles. The van der Waals surface area contributed by atoms with Gasteiger partial charge in [0, 0.05) is 0 Å². The molecule has 0 radical (unpaired) electrons. The Morgan fingerprint density at radius 1 is 1.04 bits per heavy atom. The molecule has 0 amide bonds. The summed E-state index contributed by atoms with van der Waals surface area (Å²) < 4.78 is 0. The van der Waals surface area contributed by atoms with Gasteiger partial charge in [-0.15, -0.1) is 0 Å². The highest BCUT2D eigenvalue weighted by Gasteiger charge is 2.32. The van der Waals surface area contributed by atoms with Crippen LogP contribution >= 0.6 is 0 Å². The molecule has 1 aromatic rings. The SMILES string of the molecule is CCCCCCC(C)(C)c1ccc([C@H]2C[C@@H](O)CC[C@@H]2CCC)c(O)c1. The lowest BCUT2D eigenvalue weighted by Gasteiger charge is -2.35. The fraction of sp³-hybridized carbons (Fsp3) is 0.750. The van der Waals surface area contributed by atoms with Gasteiger partial charge in [0.1, 0.15) is 5.75 Å². The van der Waals surface area contributed by atoms with Crippen LogP contribution in [0, 0.1) is 5.92 Å². The van der Waals surface area contributed by atoms with E-state index >= 15 is 0 Å². The van der Waals surface area contributed by atoms with Crippen molar-refractivity contribution >= 4 is 0 Å². The number of aliphatic hydroxyl groups excluding tert-OH is 1. The van der Waals surface area contributed by atoms with Crippen LogP contribution in [-0.2, 0) is 5.41 Å². The quantitative estimate of drug-likeness (QED) is 0.482. The van der Waals surface area contributed by atoms with Crippen LogP contribution in [0.15, 0.2) is 18.2 Å². The second kappa shape index (κ2) is 9.78. The Bertz CT molecular complexity index is 549. The van der Waals surface area contributed by atoms with Crippen LogP contribution in [0.5, 0.6) is 5.75 Å². The van der Waals surface area contributed by atoms with Gasteiger partial charge in [0.2, 0.25) is 0 Å². The van der Waals surface area contributed by atoms with Gasteiger partial charge in [0.05, 0.1) is 6.10 Å². The number of hydrogen-bond donors (Lipinski definition) is 2. The zero-order valence-electron chi connectivity index (χ0n) is 17.4. The second-order valence-corrected chi connectivity index (χ2v) is 9.09. The minimum Gasteiger partial charge on any atom is -0.508 e. The number of benzene rings is 1. The summed E-state index contributed by atoms with van der Waals surface area (Å²) in [5.74, 6) is 1.31. The summed E-state index contributed by atoms with van der Waals surface area (Å²) in [6.45, 7) is 9.05. The molecule has 2 N–H and O–H groups in total. The number of unbranched alkanes of at least 4 members (excludes halogenated alkanes) is 3. The van der Waals surface area contributed by atoms with E-state index in [1.807, 2.05) is 6.07 Å². The van der Waals surface area contributed by atoms with Crippen LogP contribution in [0.3, 0.4) is 0 Å². The van der Waals surface area contributed by atoms with Gasteiger partial charge in [0.25, 0.3) is 0 Å². The Kier molecular flexibility index (Phi) is 8.01. The standard InChI is InChI=1S/C24H40O2/c1-5-7-8-9-15-24(3,4)19-12-14-21(23(26)16-19)22-17-20(25)13-11-18(22)10-6-2/h12,14,16,18,20,22,25-26H,5-11,13,15,17H2,1-4H3/t18-,20-,22-/m0/s1. The average Bonchev–Trinajstić information content (AvgIpc) is 2.60. The molecule has 1 fully saturated rings. The van der Waals surface area contributed by atoms with Crippen molar-refractivity contribution < 1.29 is 10.2 Å². The van der Waals surface area contributed by atoms with Crippen LogP contribution in [0.25, 0.3) is 0 Å². The van der Waals surface area contributed by atoms with Crippen molar-refractivity contribution in [2.75, 3.05) is 0 Å². The van der Waals surface area contributed by atoms with E-state index < -0.39 is 0 Å². The molecule has 0 aromatic heterocycles. The van der Waals surface area contributed by atoms with Gasteiger partial charge in [-0.1, -0.05) is 78.4 Å². The highest BCUT2D eigenvalue weighted by atomic mass is 16.3. The lowest BCUT2D eigenvalue weighted by atomic mass is 9.71. The highest BCUT2D eigenvalue weighted by molar-refractivity contribution is 5.42. The van der Waals surface area contributed by atoms with Crippen LogP contribution in [0.1, 0.15) is 109 Å². The molecule has 1 aromatic carbocycles. The molecular weight excluding hydrogens is 320 g/mol. The molecule has 1 aliphatic rings. The first-order valence-corrected chi connectivity index (χ1v) is 10.9. The largest absolute Gasteiger partial charge is 0.508 e. The predicted octanol–water partition coefficient (Wildman–Crippen LogP) is 6.68. The first-order valence-electron chi connectivity index (χ1n) is 10.9. The molecule has 0 unspecified atom stereocenters. The lowest BCUT2D eigenvalue weighted by molar-refractivity contribution is 0.0901. The Labute approximate surface area is 161 Å². The van der Waals surface area contributed by atoms with Crippen LogP contribution in [0.4, 0.5) is 0 Å². The Morgan fingerprint density at radius 2 is 1.81 bits per heavy atom.